The van der Waals surface area contributed by atoms with Gasteiger partial charge in [0.15, 0.2) is 16.1 Å². The summed E-state index contributed by atoms with van der Waals surface area (Å²) in [6.07, 6.45) is 1.27. The number of hydrogen-bond donors (Lipinski definition) is 0. The van der Waals surface area contributed by atoms with Crippen molar-refractivity contribution < 1.29 is 17.9 Å². The molecule has 5 heteroatoms. The lowest BCUT2D eigenvalue weighted by molar-refractivity contribution is -0.134. The van der Waals surface area contributed by atoms with Gasteiger partial charge in [0.2, 0.25) is 0 Å². The third-order valence-electron chi connectivity index (χ3n) is 3.26. The Morgan fingerprint density at radius 3 is 2.33 bits per heavy atom. The molecule has 18 heavy (non-hydrogen) atoms. The predicted molar refractivity (Wildman–Crippen MR) is 67.9 cm³/mol. The maximum absolute atomic E-state index is 11.4. The summed E-state index contributed by atoms with van der Waals surface area (Å²) < 4.78 is 28.4. The van der Waals surface area contributed by atoms with Crippen LogP contribution in [0.4, 0.5) is 0 Å². The van der Waals surface area contributed by atoms with Crippen LogP contribution in [0.3, 0.4) is 0 Å². The van der Waals surface area contributed by atoms with Crippen molar-refractivity contribution >= 4 is 16.1 Å². The summed E-state index contributed by atoms with van der Waals surface area (Å²) in [5.74, 6) is 0.0566. The number of ether oxygens (including phenoxy) is 1. The van der Waals surface area contributed by atoms with Crippen molar-refractivity contribution in [1.29, 1.82) is 0 Å². The van der Waals surface area contributed by atoms with E-state index in [0.717, 1.165) is 11.8 Å². The van der Waals surface area contributed by atoms with E-state index in [4.69, 9.17) is 4.74 Å². The van der Waals surface area contributed by atoms with E-state index in [2.05, 4.69) is 0 Å². The Labute approximate surface area is 107 Å². The van der Waals surface area contributed by atoms with Gasteiger partial charge in [-0.25, -0.2) is 8.42 Å². The Bertz CT molecular complexity index is 493. The van der Waals surface area contributed by atoms with Crippen LogP contribution >= 0.6 is 0 Å². The lowest BCUT2D eigenvalue weighted by atomic mass is 9.98. The van der Waals surface area contributed by atoms with Gasteiger partial charge in [0.25, 0.3) is 0 Å². The number of rotatable bonds is 4. The Balaban J connectivity index is 2.00. The van der Waals surface area contributed by atoms with Crippen LogP contribution in [-0.2, 0) is 26.0 Å². The zero-order chi connectivity index (χ0) is 13.1. The zero-order valence-electron chi connectivity index (χ0n) is 10.0. The van der Waals surface area contributed by atoms with Crippen LogP contribution in [0, 0.1) is 0 Å². The molecule has 4 nitrogen and oxygen atoms in total. The maximum Gasteiger partial charge on any atom is 0.151 e. The second-order valence-electron chi connectivity index (χ2n) is 4.61. The fourth-order valence-electron chi connectivity index (χ4n) is 1.98. The van der Waals surface area contributed by atoms with Crippen LogP contribution in [0.5, 0.6) is 0 Å². The Morgan fingerprint density at radius 1 is 1.17 bits per heavy atom. The molecule has 0 radical (unpaired) electrons. The summed E-state index contributed by atoms with van der Waals surface area (Å²) in [5, 5.41) is 0. The first kappa shape index (κ1) is 13.2. The topological polar surface area (TPSA) is 60.4 Å². The molecule has 0 aromatic heterocycles. The first-order valence-electron chi connectivity index (χ1n) is 5.90. The van der Waals surface area contributed by atoms with E-state index in [0.29, 0.717) is 6.61 Å². The molecule has 1 saturated heterocycles. The number of aldehydes is 1. The zero-order valence-corrected chi connectivity index (χ0v) is 10.9. The highest BCUT2D eigenvalue weighted by Crippen LogP contribution is 2.26. The van der Waals surface area contributed by atoms with Crippen molar-refractivity contribution in [1.82, 2.24) is 0 Å². The number of carbonyl (C=O) groups excluding carboxylic acids is 1. The molecule has 1 aliphatic rings. The Morgan fingerprint density at radius 2 is 1.78 bits per heavy atom. The van der Waals surface area contributed by atoms with Gasteiger partial charge in [-0.15, -0.1) is 0 Å². The van der Waals surface area contributed by atoms with E-state index < -0.39 is 15.4 Å². The number of benzene rings is 1. The molecule has 1 aromatic carbocycles. The molecule has 1 fully saturated rings. The van der Waals surface area contributed by atoms with E-state index in [-0.39, 0.29) is 24.3 Å². The van der Waals surface area contributed by atoms with E-state index in [1.807, 2.05) is 30.3 Å². The van der Waals surface area contributed by atoms with E-state index in [9.17, 15) is 13.2 Å². The minimum Gasteiger partial charge on any atom is -0.363 e. The first-order valence-corrected chi connectivity index (χ1v) is 7.72. The normalized spacial score (nSPS) is 21.3. The first-order chi connectivity index (χ1) is 8.55. The SMILES string of the molecule is O=CC1(OCc2ccccc2)CCS(=O)(=O)CC1. The van der Waals surface area contributed by atoms with Crippen molar-refractivity contribution in [3.8, 4) is 0 Å². The molecule has 0 amide bonds. The summed E-state index contributed by atoms with van der Waals surface area (Å²) in [6.45, 7) is 0.333. The van der Waals surface area contributed by atoms with Gasteiger partial charge in [-0.2, -0.15) is 0 Å². The largest absolute Gasteiger partial charge is 0.363 e. The van der Waals surface area contributed by atoms with Gasteiger partial charge in [-0.3, -0.25) is 0 Å². The minimum atomic E-state index is -2.99. The van der Waals surface area contributed by atoms with Crippen LogP contribution in [0.2, 0.25) is 0 Å². The van der Waals surface area contributed by atoms with E-state index >= 15 is 0 Å². The summed E-state index contributed by atoms with van der Waals surface area (Å²) in [7, 11) is -2.99. The van der Waals surface area contributed by atoms with E-state index in [1.54, 1.807) is 0 Å². The predicted octanol–water partition coefficient (Wildman–Crippen LogP) is 1.35. The van der Waals surface area contributed by atoms with Gasteiger partial charge in [-0.1, -0.05) is 30.3 Å². The Hall–Kier alpha value is -1.20. The molecule has 0 N–H and O–H groups in total. The molecule has 1 aliphatic heterocycles. The van der Waals surface area contributed by atoms with Gasteiger partial charge in [0, 0.05) is 0 Å². The third-order valence-corrected chi connectivity index (χ3v) is 4.91. The monoisotopic (exact) mass is 268 g/mol. The number of sulfone groups is 1. The minimum absolute atomic E-state index is 0.0283. The van der Waals surface area contributed by atoms with Crippen LogP contribution < -0.4 is 0 Å². The standard InChI is InChI=1S/C13H16O4S/c14-11-13(6-8-18(15,16)9-7-13)17-10-12-4-2-1-3-5-12/h1-5,11H,6-10H2. The molecule has 0 saturated carbocycles. The van der Waals surface area contributed by atoms with Crippen LogP contribution in [0.1, 0.15) is 18.4 Å². The number of hydrogen-bond acceptors (Lipinski definition) is 4. The molecule has 0 aliphatic carbocycles. The smallest absolute Gasteiger partial charge is 0.151 e. The molecule has 0 bridgehead atoms. The molecular formula is C13H16O4S. The fourth-order valence-corrected chi connectivity index (χ4v) is 3.50. The molecule has 0 atom stereocenters. The lowest BCUT2D eigenvalue weighted by Crippen LogP contribution is -2.42. The lowest BCUT2D eigenvalue weighted by Gasteiger charge is -2.31. The van der Waals surface area contributed by atoms with Gasteiger partial charge in [0.05, 0.1) is 18.1 Å². The summed E-state index contributed by atoms with van der Waals surface area (Å²) in [4.78, 5) is 11.2. The molecule has 1 aromatic rings. The van der Waals surface area contributed by atoms with Gasteiger partial charge >= 0.3 is 0 Å². The molecule has 1 heterocycles. The molecule has 2 rings (SSSR count). The highest BCUT2D eigenvalue weighted by atomic mass is 32.2. The van der Waals surface area contributed by atoms with Crippen molar-refractivity contribution in [3.63, 3.8) is 0 Å². The van der Waals surface area contributed by atoms with E-state index in [1.165, 1.54) is 0 Å². The molecule has 98 valence electrons. The van der Waals surface area contributed by atoms with Crippen molar-refractivity contribution in [3.05, 3.63) is 35.9 Å². The average Bonchev–Trinajstić information content (AvgIpc) is 2.40. The fraction of sp³-hybridized carbons (Fsp3) is 0.462. The summed E-state index contributed by atoms with van der Waals surface area (Å²) >= 11 is 0. The summed E-state index contributed by atoms with van der Waals surface area (Å²) in [6, 6.07) is 9.54. The number of carbonyl (C=O) groups is 1. The van der Waals surface area contributed by atoms with Gasteiger partial charge in [0.1, 0.15) is 5.60 Å². The van der Waals surface area contributed by atoms with Crippen molar-refractivity contribution in [2.24, 2.45) is 0 Å². The van der Waals surface area contributed by atoms with Gasteiger partial charge < -0.3 is 9.53 Å². The van der Waals surface area contributed by atoms with Gasteiger partial charge in [-0.05, 0) is 18.4 Å². The second kappa shape index (κ2) is 5.20. The highest BCUT2D eigenvalue weighted by Gasteiger charge is 2.38. The van der Waals surface area contributed by atoms with Crippen LogP contribution in [-0.4, -0.2) is 31.8 Å². The second-order valence-corrected chi connectivity index (χ2v) is 6.91. The molecule has 0 unspecified atom stereocenters. The summed E-state index contributed by atoms with van der Waals surface area (Å²) in [5.41, 5.74) is 0.0494. The quantitative estimate of drug-likeness (QED) is 0.773. The molecular weight excluding hydrogens is 252 g/mol. The van der Waals surface area contributed by atoms with Crippen LogP contribution in [0.25, 0.3) is 0 Å². The highest BCUT2D eigenvalue weighted by molar-refractivity contribution is 7.91. The van der Waals surface area contributed by atoms with Crippen molar-refractivity contribution in [2.75, 3.05) is 11.5 Å². The molecule has 0 spiro atoms. The Kier molecular flexibility index (Phi) is 3.82. The third kappa shape index (κ3) is 3.17. The van der Waals surface area contributed by atoms with Crippen LogP contribution in [0.15, 0.2) is 30.3 Å². The average molecular weight is 268 g/mol. The van der Waals surface area contributed by atoms with Crippen molar-refractivity contribution in [2.45, 2.75) is 25.0 Å². The maximum atomic E-state index is 11.4.